The number of hydrogen-bond donors (Lipinski definition) is 0. The van der Waals surface area contributed by atoms with Crippen molar-refractivity contribution in [2.75, 3.05) is 4.90 Å². The number of anilines is 3. The summed E-state index contributed by atoms with van der Waals surface area (Å²) in [6.45, 7) is 6.38. The maximum absolute atomic E-state index is 2.30. The molecular formula is C29H27N. The fourth-order valence-electron chi connectivity index (χ4n) is 3.53. The Hall–Kier alpha value is -3.58. The van der Waals surface area contributed by atoms with Crippen LogP contribution >= 0.6 is 0 Å². The third kappa shape index (κ3) is 4.52. The summed E-state index contributed by atoms with van der Waals surface area (Å²) in [5.41, 5.74) is 9.72. The van der Waals surface area contributed by atoms with E-state index in [9.17, 15) is 0 Å². The first kappa shape index (κ1) is 19.7. The Kier molecular flexibility index (Phi) is 5.81. The van der Waals surface area contributed by atoms with E-state index in [0.717, 1.165) is 17.1 Å². The molecule has 0 atom stereocenters. The van der Waals surface area contributed by atoms with Crippen molar-refractivity contribution in [2.45, 2.75) is 20.8 Å². The molecule has 0 aliphatic heterocycles. The summed E-state index contributed by atoms with van der Waals surface area (Å²) in [4.78, 5) is 2.30. The molecule has 0 fully saturated rings. The van der Waals surface area contributed by atoms with Gasteiger partial charge in [0.2, 0.25) is 0 Å². The van der Waals surface area contributed by atoms with Crippen molar-refractivity contribution in [1.29, 1.82) is 0 Å². The summed E-state index contributed by atoms with van der Waals surface area (Å²) in [5.74, 6) is 0. The normalized spacial score (nSPS) is 11.0. The van der Waals surface area contributed by atoms with Gasteiger partial charge in [0.1, 0.15) is 0 Å². The Balaban J connectivity index is 1.66. The quantitative estimate of drug-likeness (QED) is 0.311. The molecule has 1 heteroatoms. The van der Waals surface area contributed by atoms with E-state index >= 15 is 0 Å². The monoisotopic (exact) mass is 389 g/mol. The maximum atomic E-state index is 2.30. The summed E-state index contributed by atoms with van der Waals surface area (Å²) in [7, 11) is 0. The van der Waals surface area contributed by atoms with E-state index in [1.54, 1.807) is 0 Å². The maximum Gasteiger partial charge on any atom is 0.0462 e. The summed E-state index contributed by atoms with van der Waals surface area (Å²) in [6.07, 6.45) is 4.36. The largest absolute Gasteiger partial charge is 0.311 e. The molecule has 0 radical (unpaired) electrons. The number of aryl methyl sites for hydroxylation is 3. The van der Waals surface area contributed by atoms with Crippen LogP contribution in [-0.4, -0.2) is 0 Å². The highest BCUT2D eigenvalue weighted by molar-refractivity contribution is 5.78. The molecule has 30 heavy (non-hydrogen) atoms. The minimum atomic E-state index is 1.15. The van der Waals surface area contributed by atoms with E-state index < -0.39 is 0 Å². The van der Waals surface area contributed by atoms with Gasteiger partial charge in [0.05, 0.1) is 0 Å². The first-order chi connectivity index (χ1) is 14.6. The third-order valence-corrected chi connectivity index (χ3v) is 5.38. The standard InChI is InChI=1S/C29H27N/c1-22-8-16-27(17-9-22)30(28-18-10-23(2)11-19-28)29-20-13-25(14-21-29)12-15-26-7-5-4-6-24(26)3/h4-21H,1-3H3/b15-12+. The van der Waals surface area contributed by atoms with Crippen LogP contribution in [0.15, 0.2) is 97.1 Å². The van der Waals surface area contributed by atoms with Gasteiger partial charge >= 0.3 is 0 Å². The van der Waals surface area contributed by atoms with Crippen molar-refractivity contribution in [3.8, 4) is 0 Å². The van der Waals surface area contributed by atoms with Gasteiger partial charge in [0.15, 0.2) is 0 Å². The van der Waals surface area contributed by atoms with Gasteiger partial charge in [-0.1, -0.05) is 83.9 Å². The zero-order valence-electron chi connectivity index (χ0n) is 17.8. The fraction of sp³-hybridized carbons (Fsp3) is 0.103. The molecule has 0 spiro atoms. The molecule has 0 amide bonds. The van der Waals surface area contributed by atoms with Gasteiger partial charge in [-0.05, 0) is 73.9 Å². The van der Waals surface area contributed by atoms with Crippen molar-refractivity contribution < 1.29 is 0 Å². The van der Waals surface area contributed by atoms with Crippen LogP contribution in [0.25, 0.3) is 12.2 Å². The van der Waals surface area contributed by atoms with E-state index in [-0.39, 0.29) is 0 Å². The smallest absolute Gasteiger partial charge is 0.0462 e. The second kappa shape index (κ2) is 8.84. The van der Waals surface area contributed by atoms with Crippen molar-refractivity contribution in [3.63, 3.8) is 0 Å². The molecule has 0 unspecified atom stereocenters. The molecule has 148 valence electrons. The zero-order valence-corrected chi connectivity index (χ0v) is 17.8. The molecule has 0 aromatic heterocycles. The molecule has 0 aliphatic carbocycles. The highest BCUT2D eigenvalue weighted by Gasteiger charge is 2.12. The third-order valence-electron chi connectivity index (χ3n) is 5.38. The van der Waals surface area contributed by atoms with E-state index in [1.807, 2.05) is 0 Å². The average molecular weight is 390 g/mol. The van der Waals surface area contributed by atoms with Gasteiger partial charge in [0.25, 0.3) is 0 Å². The predicted molar refractivity (Wildman–Crippen MR) is 131 cm³/mol. The summed E-state index contributed by atoms with van der Waals surface area (Å²) < 4.78 is 0. The van der Waals surface area contributed by atoms with Gasteiger partial charge in [-0.2, -0.15) is 0 Å². The Morgan fingerprint density at radius 3 is 1.47 bits per heavy atom. The van der Waals surface area contributed by atoms with Crippen LogP contribution in [0.2, 0.25) is 0 Å². The lowest BCUT2D eigenvalue weighted by atomic mass is 10.1. The van der Waals surface area contributed by atoms with Gasteiger partial charge in [-0.25, -0.2) is 0 Å². The molecular weight excluding hydrogens is 362 g/mol. The van der Waals surface area contributed by atoms with Gasteiger partial charge in [-0.15, -0.1) is 0 Å². The lowest BCUT2D eigenvalue weighted by molar-refractivity contribution is 1.27. The molecule has 0 saturated carbocycles. The van der Waals surface area contributed by atoms with Crippen LogP contribution in [0, 0.1) is 20.8 Å². The van der Waals surface area contributed by atoms with E-state index in [2.05, 4.69) is 135 Å². The van der Waals surface area contributed by atoms with Crippen molar-refractivity contribution >= 4 is 29.2 Å². The summed E-state index contributed by atoms with van der Waals surface area (Å²) >= 11 is 0. The van der Waals surface area contributed by atoms with Crippen molar-refractivity contribution in [3.05, 3.63) is 125 Å². The van der Waals surface area contributed by atoms with Crippen LogP contribution in [-0.2, 0) is 0 Å². The number of rotatable bonds is 5. The average Bonchev–Trinajstić information content (AvgIpc) is 2.77. The Morgan fingerprint density at radius 1 is 0.500 bits per heavy atom. The zero-order chi connectivity index (χ0) is 20.9. The molecule has 4 rings (SSSR count). The highest BCUT2D eigenvalue weighted by Crippen LogP contribution is 2.34. The molecule has 4 aromatic rings. The van der Waals surface area contributed by atoms with Crippen LogP contribution < -0.4 is 4.90 Å². The minimum absolute atomic E-state index is 1.15. The Morgan fingerprint density at radius 2 is 0.967 bits per heavy atom. The highest BCUT2D eigenvalue weighted by atomic mass is 15.1. The lowest BCUT2D eigenvalue weighted by Gasteiger charge is -2.25. The van der Waals surface area contributed by atoms with E-state index in [4.69, 9.17) is 0 Å². The molecule has 0 heterocycles. The molecule has 4 aromatic carbocycles. The summed E-state index contributed by atoms with van der Waals surface area (Å²) in [6, 6.07) is 34.6. The molecule has 0 N–H and O–H groups in total. The molecule has 1 nitrogen and oxygen atoms in total. The molecule has 0 aliphatic rings. The van der Waals surface area contributed by atoms with Gasteiger partial charge < -0.3 is 4.90 Å². The first-order valence-corrected chi connectivity index (χ1v) is 10.4. The molecule has 0 saturated heterocycles. The Bertz CT molecular complexity index is 1090. The van der Waals surface area contributed by atoms with E-state index in [1.165, 1.54) is 27.8 Å². The second-order valence-corrected chi connectivity index (χ2v) is 7.79. The van der Waals surface area contributed by atoms with Crippen LogP contribution in [0.5, 0.6) is 0 Å². The Labute approximate surface area is 179 Å². The van der Waals surface area contributed by atoms with Gasteiger partial charge in [0, 0.05) is 17.1 Å². The SMILES string of the molecule is Cc1ccc(N(c2ccc(C)cc2)c2ccc(/C=C/c3ccccc3C)cc2)cc1. The first-order valence-electron chi connectivity index (χ1n) is 10.4. The minimum Gasteiger partial charge on any atom is -0.311 e. The van der Waals surface area contributed by atoms with Crippen LogP contribution in [0.1, 0.15) is 27.8 Å². The van der Waals surface area contributed by atoms with Crippen molar-refractivity contribution in [2.24, 2.45) is 0 Å². The lowest BCUT2D eigenvalue weighted by Crippen LogP contribution is -2.09. The number of benzene rings is 4. The molecule has 0 bridgehead atoms. The predicted octanol–water partition coefficient (Wildman–Crippen LogP) is 8.25. The van der Waals surface area contributed by atoms with Crippen molar-refractivity contribution in [1.82, 2.24) is 0 Å². The number of hydrogen-bond acceptors (Lipinski definition) is 1. The van der Waals surface area contributed by atoms with Crippen LogP contribution in [0.4, 0.5) is 17.1 Å². The van der Waals surface area contributed by atoms with Gasteiger partial charge in [-0.3, -0.25) is 0 Å². The second-order valence-electron chi connectivity index (χ2n) is 7.79. The summed E-state index contributed by atoms with van der Waals surface area (Å²) in [5, 5.41) is 0. The topological polar surface area (TPSA) is 3.24 Å². The number of nitrogens with zero attached hydrogens (tertiary/aromatic N) is 1. The fourth-order valence-corrected chi connectivity index (χ4v) is 3.53. The van der Waals surface area contributed by atoms with Crippen LogP contribution in [0.3, 0.4) is 0 Å². The van der Waals surface area contributed by atoms with E-state index in [0.29, 0.717) is 0 Å².